The van der Waals surface area contributed by atoms with Crippen LogP contribution in [0.2, 0.25) is 0 Å². The minimum Gasteiger partial charge on any atom is -0.368 e. The number of hydrogen-bond acceptors (Lipinski definition) is 2. The Bertz CT molecular complexity index is 495. The molecule has 2 heteroatoms. The molecule has 2 aromatic carbocycles. The van der Waals surface area contributed by atoms with Crippen molar-refractivity contribution in [3.8, 4) is 0 Å². The van der Waals surface area contributed by atoms with Crippen LogP contribution in [0.15, 0.2) is 48.5 Å². The van der Waals surface area contributed by atoms with E-state index in [0.717, 1.165) is 0 Å². The first-order chi connectivity index (χ1) is 9.72. The summed E-state index contributed by atoms with van der Waals surface area (Å²) in [6, 6.07) is 16.9. The van der Waals surface area contributed by atoms with Gasteiger partial charge in [0, 0.05) is 0 Å². The molecule has 1 aliphatic heterocycles. The van der Waals surface area contributed by atoms with Crippen LogP contribution in [0, 0.1) is 13.8 Å². The van der Waals surface area contributed by atoms with E-state index >= 15 is 0 Å². The van der Waals surface area contributed by atoms with Gasteiger partial charge in [0.2, 0.25) is 0 Å². The summed E-state index contributed by atoms with van der Waals surface area (Å²) in [5.41, 5.74) is 4.92. The van der Waals surface area contributed by atoms with Gasteiger partial charge in [-0.1, -0.05) is 59.7 Å². The summed E-state index contributed by atoms with van der Waals surface area (Å²) in [4.78, 5) is 0. The van der Waals surface area contributed by atoms with Crippen molar-refractivity contribution in [1.29, 1.82) is 0 Å². The number of benzene rings is 2. The van der Waals surface area contributed by atoms with E-state index in [4.69, 9.17) is 9.47 Å². The second kappa shape index (κ2) is 5.78. The van der Waals surface area contributed by atoms with E-state index in [9.17, 15) is 0 Å². The van der Waals surface area contributed by atoms with E-state index in [1.807, 2.05) is 0 Å². The van der Waals surface area contributed by atoms with Gasteiger partial charge in [-0.15, -0.1) is 0 Å². The summed E-state index contributed by atoms with van der Waals surface area (Å²) in [5.74, 6) is 0. The topological polar surface area (TPSA) is 18.5 Å². The van der Waals surface area contributed by atoms with E-state index in [1.54, 1.807) is 0 Å². The van der Waals surface area contributed by atoms with Crippen LogP contribution in [-0.4, -0.2) is 13.2 Å². The summed E-state index contributed by atoms with van der Waals surface area (Å²) in [5, 5.41) is 0. The second-order valence-electron chi connectivity index (χ2n) is 5.47. The molecule has 0 aliphatic carbocycles. The van der Waals surface area contributed by atoms with Gasteiger partial charge in [-0.2, -0.15) is 0 Å². The van der Waals surface area contributed by atoms with Crippen molar-refractivity contribution in [3.63, 3.8) is 0 Å². The fourth-order valence-corrected chi connectivity index (χ4v) is 2.45. The molecule has 0 aromatic heterocycles. The van der Waals surface area contributed by atoms with Crippen LogP contribution in [0.5, 0.6) is 0 Å². The molecule has 1 saturated heterocycles. The third-order valence-electron chi connectivity index (χ3n) is 3.80. The Morgan fingerprint density at radius 3 is 1.30 bits per heavy atom. The molecule has 20 heavy (non-hydrogen) atoms. The zero-order chi connectivity index (χ0) is 13.9. The van der Waals surface area contributed by atoms with Gasteiger partial charge in [0.1, 0.15) is 12.2 Å². The molecule has 0 N–H and O–H groups in total. The Morgan fingerprint density at radius 2 is 1.00 bits per heavy atom. The molecule has 3 rings (SSSR count). The lowest BCUT2D eigenvalue weighted by atomic mass is 10.0. The Labute approximate surface area is 120 Å². The Morgan fingerprint density at radius 1 is 0.650 bits per heavy atom. The zero-order valence-corrected chi connectivity index (χ0v) is 12.0. The van der Waals surface area contributed by atoms with Crippen LogP contribution in [0.1, 0.15) is 34.5 Å². The third kappa shape index (κ3) is 2.92. The minimum absolute atomic E-state index is 0.0531. The SMILES string of the molecule is Cc1ccc([C@@H]2CO[C@@H](c3ccc(C)cc3)CO2)cc1. The van der Waals surface area contributed by atoms with Crippen LogP contribution in [0.4, 0.5) is 0 Å². The Kier molecular flexibility index (Phi) is 3.86. The molecule has 104 valence electrons. The van der Waals surface area contributed by atoms with Gasteiger partial charge in [0.15, 0.2) is 0 Å². The standard InChI is InChI=1S/C18H20O2/c1-13-3-7-15(8-4-13)17-11-20-18(12-19-17)16-9-5-14(2)6-10-16/h3-10,17-18H,11-12H2,1-2H3/t17-,18+. The molecule has 0 amide bonds. The van der Waals surface area contributed by atoms with Crippen molar-refractivity contribution < 1.29 is 9.47 Å². The lowest BCUT2D eigenvalue weighted by Gasteiger charge is -2.30. The first-order valence-corrected chi connectivity index (χ1v) is 7.09. The highest BCUT2D eigenvalue weighted by molar-refractivity contribution is 5.25. The number of hydrogen-bond donors (Lipinski definition) is 0. The molecule has 0 saturated carbocycles. The van der Waals surface area contributed by atoms with Gasteiger partial charge in [0.05, 0.1) is 13.2 Å². The van der Waals surface area contributed by atoms with Crippen molar-refractivity contribution in [3.05, 3.63) is 70.8 Å². The molecule has 1 aliphatic rings. The molecule has 2 aromatic rings. The van der Waals surface area contributed by atoms with Crippen molar-refractivity contribution in [2.45, 2.75) is 26.1 Å². The maximum absolute atomic E-state index is 5.98. The summed E-state index contributed by atoms with van der Waals surface area (Å²) >= 11 is 0. The van der Waals surface area contributed by atoms with E-state index in [1.165, 1.54) is 22.3 Å². The summed E-state index contributed by atoms with van der Waals surface area (Å²) in [7, 11) is 0. The maximum atomic E-state index is 5.98. The van der Waals surface area contributed by atoms with Crippen molar-refractivity contribution >= 4 is 0 Å². The van der Waals surface area contributed by atoms with Crippen molar-refractivity contribution in [2.24, 2.45) is 0 Å². The fourth-order valence-electron chi connectivity index (χ4n) is 2.45. The van der Waals surface area contributed by atoms with Gasteiger partial charge >= 0.3 is 0 Å². The quantitative estimate of drug-likeness (QED) is 0.815. The van der Waals surface area contributed by atoms with Crippen LogP contribution in [-0.2, 0) is 9.47 Å². The van der Waals surface area contributed by atoms with E-state index in [0.29, 0.717) is 13.2 Å². The normalized spacial score (nSPS) is 22.7. The number of ether oxygens (including phenoxy) is 2. The summed E-state index contributed by atoms with van der Waals surface area (Å²) in [6.07, 6.45) is 0.106. The van der Waals surface area contributed by atoms with E-state index in [2.05, 4.69) is 62.4 Å². The van der Waals surface area contributed by atoms with Crippen LogP contribution < -0.4 is 0 Å². The van der Waals surface area contributed by atoms with E-state index in [-0.39, 0.29) is 12.2 Å². The fraction of sp³-hybridized carbons (Fsp3) is 0.333. The predicted molar refractivity (Wildman–Crippen MR) is 79.7 cm³/mol. The second-order valence-corrected chi connectivity index (χ2v) is 5.47. The first kappa shape index (κ1) is 13.3. The van der Waals surface area contributed by atoms with Gasteiger partial charge < -0.3 is 9.47 Å². The molecule has 1 fully saturated rings. The molecule has 2 nitrogen and oxygen atoms in total. The summed E-state index contributed by atoms with van der Waals surface area (Å²) < 4.78 is 12.0. The average Bonchev–Trinajstić information content (AvgIpc) is 2.49. The van der Waals surface area contributed by atoms with Gasteiger partial charge in [-0.05, 0) is 25.0 Å². The molecule has 0 bridgehead atoms. The monoisotopic (exact) mass is 268 g/mol. The molecular formula is C18H20O2. The first-order valence-electron chi connectivity index (χ1n) is 7.09. The molecule has 2 atom stereocenters. The van der Waals surface area contributed by atoms with Gasteiger partial charge in [0.25, 0.3) is 0 Å². The van der Waals surface area contributed by atoms with Gasteiger partial charge in [-0.25, -0.2) is 0 Å². The molecule has 0 radical (unpaired) electrons. The number of aryl methyl sites for hydroxylation is 2. The van der Waals surface area contributed by atoms with Crippen molar-refractivity contribution in [2.75, 3.05) is 13.2 Å². The van der Waals surface area contributed by atoms with Gasteiger partial charge in [-0.3, -0.25) is 0 Å². The smallest absolute Gasteiger partial charge is 0.106 e. The largest absolute Gasteiger partial charge is 0.368 e. The third-order valence-corrected chi connectivity index (χ3v) is 3.80. The highest BCUT2D eigenvalue weighted by atomic mass is 16.6. The molecule has 0 spiro atoms. The molecule has 0 unspecified atom stereocenters. The Balaban J connectivity index is 1.64. The maximum Gasteiger partial charge on any atom is 0.106 e. The van der Waals surface area contributed by atoms with Crippen molar-refractivity contribution in [1.82, 2.24) is 0 Å². The highest BCUT2D eigenvalue weighted by Crippen LogP contribution is 2.29. The summed E-state index contributed by atoms with van der Waals surface area (Å²) in [6.45, 7) is 5.41. The average molecular weight is 268 g/mol. The van der Waals surface area contributed by atoms with Crippen LogP contribution in [0.25, 0.3) is 0 Å². The zero-order valence-electron chi connectivity index (χ0n) is 12.0. The van der Waals surface area contributed by atoms with Crippen LogP contribution in [0.3, 0.4) is 0 Å². The lowest BCUT2D eigenvalue weighted by molar-refractivity contribution is -0.137. The van der Waals surface area contributed by atoms with E-state index < -0.39 is 0 Å². The van der Waals surface area contributed by atoms with Crippen LogP contribution >= 0.6 is 0 Å². The molecule has 1 heterocycles. The minimum atomic E-state index is 0.0531. The number of rotatable bonds is 2. The molecular weight excluding hydrogens is 248 g/mol. The predicted octanol–water partition coefficient (Wildman–Crippen LogP) is 4.13. The lowest BCUT2D eigenvalue weighted by Crippen LogP contribution is -2.25. The Hall–Kier alpha value is -1.64. The highest BCUT2D eigenvalue weighted by Gasteiger charge is 2.24.